The van der Waals surface area contributed by atoms with Gasteiger partial charge in [-0.2, -0.15) is 4.36 Å². The molecule has 0 aliphatic rings. The second-order valence-corrected chi connectivity index (χ2v) is 7.02. The summed E-state index contributed by atoms with van der Waals surface area (Å²) in [6.07, 6.45) is 7.37. The molecule has 1 rings (SSSR count). The van der Waals surface area contributed by atoms with Crippen LogP contribution in [0.3, 0.4) is 0 Å². The maximum absolute atomic E-state index is 12.3. The van der Waals surface area contributed by atoms with E-state index in [-0.39, 0.29) is 5.91 Å². The van der Waals surface area contributed by atoms with E-state index in [0.29, 0.717) is 11.3 Å². The van der Waals surface area contributed by atoms with E-state index in [4.69, 9.17) is 0 Å². The van der Waals surface area contributed by atoms with Crippen molar-refractivity contribution >= 4 is 15.6 Å². The van der Waals surface area contributed by atoms with Crippen molar-refractivity contribution in [1.82, 2.24) is 0 Å². The van der Waals surface area contributed by atoms with E-state index < -0.39 is 9.73 Å². The van der Waals surface area contributed by atoms with Gasteiger partial charge >= 0.3 is 0 Å². The van der Waals surface area contributed by atoms with Gasteiger partial charge in [0.15, 0.2) is 0 Å². The second kappa shape index (κ2) is 8.10. The molecule has 0 N–H and O–H groups in total. The summed E-state index contributed by atoms with van der Waals surface area (Å²) in [6.45, 7) is 2.16. The number of carbonyl (C=O) groups excluding carboxylic acids is 1. The van der Waals surface area contributed by atoms with E-state index in [1.54, 1.807) is 12.1 Å². The first kappa shape index (κ1) is 15.9. The Kier molecular flexibility index (Phi) is 6.78. The van der Waals surface area contributed by atoms with Crippen molar-refractivity contribution in [3.8, 4) is 0 Å². The first-order chi connectivity index (χ1) is 9.06. The maximum Gasteiger partial charge on any atom is 0.254 e. The predicted octanol–water partition coefficient (Wildman–Crippen LogP) is 4.03. The van der Waals surface area contributed by atoms with Gasteiger partial charge in [0.05, 0.1) is 9.73 Å². The van der Waals surface area contributed by atoms with Gasteiger partial charge in [-0.05, 0) is 18.6 Å². The Balaban J connectivity index is 2.54. The molecule has 0 aliphatic carbocycles. The zero-order valence-electron chi connectivity index (χ0n) is 11.8. The van der Waals surface area contributed by atoms with Crippen molar-refractivity contribution in [3.63, 3.8) is 0 Å². The van der Waals surface area contributed by atoms with Crippen LogP contribution < -0.4 is 0 Å². The number of rotatable bonds is 7. The van der Waals surface area contributed by atoms with Crippen LogP contribution in [0.25, 0.3) is 0 Å². The fraction of sp³-hybridized carbons (Fsp3) is 0.533. The van der Waals surface area contributed by atoms with Gasteiger partial charge in [-0.15, -0.1) is 0 Å². The monoisotopic (exact) mass is 281 g/mol. The Morgan fingerprint density at radius 1 is 1.11 bits per heavy atom. The highest BCUT2D eigenvalue weighted by Gasteiger charge is 2.08. The molecule has 1 atom stereocenters. The molecule has 0 saturated carbocycles. The molecule has 106 valence electrons. The lowest BCUT2D eigenvalue weighted by Gasteiger charge is -2.03. The van der Waals surface area contributed by atoms with Crippen LogP contribution in [0.15, 0.2) is 39.6 Å². The van der Waals surface area contributed by atoms with E-state index in [0.717, 1.165) is 19.3 Å². The highest BCUT2D eigenvalue weighted by molar-refractivity contribution is 7.93. The fourth-order valence-electron chi connectivity index (χ4n) is 1.85. The lowest BCUT2D eigenvalue weighted by molar-refractivity contribution is -0.117. The van der Waals surface area contributed by atoms with Gasteiger partial charge in [0.2, 0.25) is 0 Å². The predicted molar refractivity (Wildman–Crippen MR) is 79.6 cm³/mol. The van der Waals surface area contributed by atoms with Crippen LogP contribution in [0.4, 0.5) is 0 Å². The minimum absolute atomic E-state index is 0.243. The van der Waals surface area contributed by atoms with Gasteiger partial charge in [-0.1, -0.05) is 50.8 Å². The van der Waals surface area contributed by atoms with Crippen LogP contribution in [0.1, 0.15) is 45.4 Å². The standard InChI is InChI=1S/C15H23NO2S/c1-3-4-5-6-10-13-15(17)16-19(2,18)14-11-8-7-9-12-14/h7-9,11-12H,3-6,10,13H2,1-2H3/t19-/m0/s1. The summed E-state index contributed by atoms with van der Waals surface area (Å²) in [4.78, 5) is 12.3. The van der Waals surface area contributed by atoms with Crippen LogP contribution in [0.5, 0.6) is 0 Å². The molecule has 1 aromatic rings. The zero-order valence-corrected chi connectivity index (χ0v) is 12.6. The van der Waals surface area contributed by atoms with Crippen LogP contribution >= 0.6 is 0 Å². The summed E-state index contributed by atoms with van der Waals surface area (Å²) in [7, 11) is -2.58. The molecular formula is C15H23NO2S. The van der Waals surface area contributed by atoms with Crippen LogP contribution in [0.2, 0.25) is 0 Å². The van der Waals surface area contributed by atoms with Crippen molar-refractivity contribution in [2.75, 3.05) is 6.26 Å². The molecule has 0 saturated heterocycles. The summed E-state index contributed by atoms with van der Waals surface area (Å²) in [5.74, 6) is -0.243. The summed E-state index contributed by atoms with van der Waals surface area (Å²) >= 11 is 0. The van der Waals surface area contributed by atoms with E-state index in [9.17, 15) is 9.00 Å². The average molecular weight is 281 g/mol. The lowest BCUT2D eigenvalue weighted by atomic mass is 10.1. The molecular weight excluding hydrogens is 258 g/mol. The Hall–Kier alpha value is -1.16. The number of benzene rings is 1. The first-order valence-corrected chi connectivity index (χ1v) is 8.78. The van der Waals surface area contributed by atoms with Gasteiger partial charge in [0.25, 0.3) is 5.91 Å². The molecule has 19 heavy (non-hydrogen) atoms. The summed E-state index contributed by atoms with van der Waals surface area (Å²) < 4.78 is 16.2. The van der Waals surface area contributed by atoms with E-state index in [1.165, 1.54) is 19.1 Å². The molecule has 0 spiro atoms. The fourth-order valence-corrected chi connectivity index (χ4v) is 3.09. The van der Waals surface area contributed by atoms with Crippen LogP contribution in [-0.4, -0.2) is 16.4 Å². The van der Waals surface area contributed by atoms with Gasteiger partial charge in [-0.25, -0.2) is 4.21 Å². The van der Waals surface area contributed by atoms with E-state index in [2.05, 4.69) is 11.3 Å². The Labute approximate surface area is 116 Å². The van der Waals surface area contributed by atoms with Crippen molar-refractivity contribution in [3.05, 3.63) is 30.3 Å². The summed E-state index contributed by atoms with van der Waals surface area (Å²) in [6, 6.07) is 8.97. The third-order valence-electron chi connectivity index (χ3n) is 2.95. The maximum atomic E-state index is 12.3. The van der Waals surface area contributed by atoms with E-state index >= 15 is 0 Å². The molecule has 3 nitrogen and oxygen atoms in total. The van der Waals surface area contributed by atoms with Gasteiger partial charge in [-0.3, -0.25) is 4.79 Å². The molecule has 0 fully saturated rings. The number of unbranched alkanes of at least 4 members (excludes halogenated alkanes) is 4. The molecule has 4 heteroatoms. The van der Waals surface area contributed by atoms with Crippen molar-refractivity contribution < 1.29 is 9.00 Å². The number of hydrogen-bond acceptors (Lipinski definition) is 2. The Morgan fingerprint density at radius 3 is 2.37 bits per heavy atom. The molecule has 0 heterocycles. The van der Waals surface area contributed by atoms with Gasteiger partial charge < -0.3 is 0 Å². The average Bonchev–Trinajstić information content (AvgIpc) is 2.39. The van der Waals surface area contributed by atoms with Crippen molar-refractivity contribution in [1.29, 1.82) is 0 Å². The second-order valence-electron chi connectivity index (χ2n) is 4.76. The quantitative estimate of drug-likeness (QED) is 0.708. The third-order valence-corrected chi connectivity index (χ3v) is 4.65. The first-order valence-electron chi connectivity index (χ1n) is 6.86. The lowest BCUT2D eigenvalue weighted by Crippen LogP contribution is -2.03. The van der Waals surface area contributed by atoms with Gasteiger partial charge in [0.1, 0.15) is 0 Å². The minimum atomic E-state index is -2.58. The van der Waals surface area contributed by atoms with E-state index in [1.807, 2.05) is 18.2 Å². The normalized spacial score (nSPS) is 13.8. The molecule has 0 radical (unpaired) electrons. The topological polar surface area (TPSA) is 46.5 Å². The number of nitrogens with zero attached hydrogens (tertiary/aromatic N) is 1. The molecule has 1 aromatic carbocycles. The van der Waals surface area contributed by atoms with Gasteiger partial charge in [0, 0.05) is 17.6 Å². The van der Waals surface area contributed by atoms with Crippen LogP contribution in [-0.2, 0) is 14.5 Å². The minimum Gasteiger partial charge on any atom is -0.272 e. The smallest absolute Gasteiger partial charge is 0.254 e. The third kappa shape index (κ3) is 6.01. The largest absolute Gasteiger partial charge is 0.272 e. The summed E-state index contributed by atoms with van der Waals surface area (Å²) in [5, 5.41) is 0. The van der Waals surface area contributed by atoms with Crippen molar-refractivity contribution in [2.24, 2.45) is 4.36 Å². The summed E-state index contributed by atoms with van der Waals surface area (Å²) in [5.41, 5.74) is 0. The van der Waals surface area contributed by atoms with Crippen LogP contribution in [0, 0.1) is 0 Å². The molecule has 0 bridgehead atoms. The zero-order chi connectivity index (χ0) is 14.1. The molecule has 1 amide bonds. The van der Waals surface area contributed by atoms with Crippen molar-refractivity contribution in [2.45, 2.75) is 50.3 Å². The molecule has 0 aromatic heterocycles. The number of carbonyl (C=O) groups is 1. The number of hydrogen-bond donors (Lipinski definition) is 0. The molecule has 0 aliphatic heterocycles. The highest BCUT2D eigenvalue weighted by Crippen LogP contribution is 2.12. The Bertz CT molecular complexity index is 502. The highest BCUT2D eigenvalue weighted by atomic mass is 32.2. The number of amides is 1. The SMILES string of the molecule is CCCCCCCC(=O)N=[S@@](C)(=O)c1ccccc1. The molecule has 0 unspecified atom stereocenters. The Morgan fingerprint density at radius 2 is 1.74 bits per heavy atom.